The van der Waals surface area contributed by atoms with E-state index in [-0.39, 0.29) is 17.9 Å². The van der Waals surface area contributed by atoms with Crippen molar-refractivity contribution < 1.29 is 27.9 Å². The summed E-state index contributed by atoms with van der Waals surface area (Å²) in [5.74, 6) is -1.43. The number of amides is 1. The van der Waals surface area contributed by atoms with Crippen molar-refractivity contribution in [2.24, 2.45) is 0 Å². The monoisotopic (exact) mass is 439 g/mol. The average Bonchev–Trinajstić information content (AvgIpc) is 3.06. The van der Waals surface area contributed by atoms with Crippen molar-refractivity contribution in [3.63, 3.8) is 0 Å². The summed E-state index contributed by atoms with van der Waals surface area (Å²) in [6.45, 7) is 3.42. The third-order valence-corrected chi connectivity index (χ3v) is 6.71. The molecule has 1 aliphatic rings. The summed E-state index contributed by atoms with van der Waals surface area (Å²) in [4.78, 5) is 11.2. The highest BCUT2D eigenvalue weighted by Gasteiger charge is 2.41. The Bertz CT molecular complexity index is 959. The number of nitrogens with zero attached hydrogens (tertiary/aromatic N) is 1. The Morgan fingerprint density at radius 3 is 2.21 bits per heavy atom. The molecule has 0 spiro atoms. The predicted octanol–water partition coefficient (Wildman–Crippen LogP) is 3.15. The Kier molecular flexibility index (Phi) is 6.30. The summed E-state index contributed by atoms with van der Waals surface area (Å²) in [5, 5.41) is 10.9. The van der Waals surface area contributed by atoms with Gasteiger partial charge in [0.05, 0.1) is 17.3 Å². The predicted molar refractivity (Wildman–Crippen MR) is 107 cm³/mol. The SMILES string of the molecule is CC1(C)OCC(C(CS(=O)(=O)c2ccc(-c3ccc(Cl)cc3)cc2)N(O)C=O)O1. The number of rotatable bonds is 7. The van der Waals surface area contributed by atoms with Crippen LogP contribution in [0.1, 0.15) is 13.8 Å². The molecule has 29 heavy (non-hydrogen) atoms. The maximum Gasteiger partial charge on any atom is 0.233 e. The van der Waals surface area contributed by atoms with Crippen LogP contribution in [0.25, 0.3) is 11.1 Å². The van der Waals surface area contributed by atoms with Gasteiger partial charge in [-0.05, 0) is 49.2 Å². The second-order valence-corrected chi connectivity index (χ2v) is 9.70. The first-order chi connectivity index (χ1) is 13.6. The average molecular weight is 440 g/mol. The number of ether oxygens (including phenoxy) is 2. The van der Waals surface area contributed by atoms with Crippen LogP contribution in [-0.2, 0) is 24.1 Å². The van der Waals surface area contributed by atoms with Crippen LogP contribution >= 0.6 is 11.6 Å². The zero-order chi connectivity index (χ0) is 21.2. The molecule has 1 saturated heterocycles. The summed E-state index contributed by atoms with van der Waals surface area (Å²) in [6, 6.07) is 12.5. The first kappa shape index (κ1) is 21.7. The van der Waals surface area contributed by atoms with Crippen LogP contribution in [0.5, 0.6) is 0 Å². The molecule has 2 aromatic rings. The lowest BCUT2D eigenvalue weighted by atomic mass is 10.1. The molecule has 0 aliphatic carbocycles. The van der Waals surface area contributed by atoms with Gasteiger partial charge in [0.25, 0.3) is 0 Å². The van der Waals surface area contributed by atoms with E-state index in [1.54, 1.807) is 38.1 Å². The third-order valence-electron chi connectivity index (χ3n) is 4.69. The minimum atomic E-state index is -3.81. The van der Waals surface area contributed by atoms with E-state index < -0.39 is 33.5 Å². The van der Waals surface area contributed by atoms with Gasteiger partial charge in [-0.15, -0.1) is 0 Å². The molecule has 3 rings (SSSR count). The molecule has 1 aliphatic heterocycles. The maximum absolute atomic E-state index is 12.9. The highest BCUT2D eigenvalue weighted by Crippen LogP contribution is 2.28. The first-order valence-corrected chi connectivity index (χ1v) is 11.0. The second-order valence-electron chi connectivity index (χ2n) is 7.23. The molecule has 7 nitrogen and oxygen atoms in total. The van der Waals surface area contributed by atoms with Crippen molar-refractivity contribution in [3.05, 3.63) is 53.6 Å². The number of halogens is 1. The Morgan fingerprint density at radius 2 is 1.72 bits per heavy atom. The summed E-state index contributed by atoms with van der Waals surface area (Å²) in [6.07, 6.45) is -0.610. The van der Waals surface area contributed by atoms with Gasteiger partial charge < -0.3 is 9.47 Å². The Hall–Kier alpha value is -1.97. The van der Waals surface area contributed by atoms with E-state index in [0.29, 0.717) is 10.1 Å². The number of hydrogen-bond donors (Lipinski definition) is 1. The summed E-state index contributed by atoms with van der Waals surface area (Å²) < 4.78 is 36.9. The normalized spacial score (nSPS) is 19.7. The standard InChI is InChI=1S/C20H22ClNO6S/c1-20(2)27-11-19(28-20)18(22(24)13-23)12-29(25,26)17-9-5-15(6-10-17)14-3-7-16(21)8-4-14/h3-10,13,18-19,24H,11-12H2,1-2H3. The largest absolute Gasteiger partial charge is 0.348 e. The number of hydroxylamine groups is 2. The minimum Gasteiger partial charge on any atom is -0.348 e. The van der Waals surface area contributed by atoms with Crippen molar-refractivity contribution in [1.29, 1.82) is 0 Å². The number of carbonyl (C=O) groups excluding carboxylic acids is 1. The molecule has 2 unspecified atom stereocenters. The molecule has 1 fully saturated rings. The van der Waals surface area contributed by atoms with Gasteiger partial charge in [0.2, 0.25) is 6.41 Å². The zero-order valence-corrected chi connectivity index (χ0v) is 17.6. The van der Waals surface area contributed by atoms with E-state index in [1.165, 1.54) is 12.1 Å². The van der Waals surface area contributed by atoms with Gasteiger partial charge in [0, 0.05) is 5.02 Å². The van der Waals surface area contributed by atoms with E-state index in [4.69, 9.17) is 21.1 Å². The van der Waals surface area contributed by atoms with Gasteiger partial charge >= 0.3 is 0 Å². The lowest BCUT2D eigenvalue weighted by molar-refractivity contribution is -0.182. The van der Waals surface area contributed by atoms with Crippen molar-refractivity contribution in [1.82, 2.24) is 5.06 Å². The Labute approximate surface area is 174 Å². The van der Waals surface area contributed by atoms with Gasteiger partial charge in [-0.3, -0.25) is 10.0 Å². The second kappa shape index (κ2) is 8.41. The molecule has 1 heterocycles. The summed E-state index contributed by atoms with van der Waals surface area (Å²) in [7, 11) is -3.81. The lowest BCUT2D eigenvalue weighted by Gasteiger charge is -2.27. The fourth-order valence-corrected chi connectivity index (χ4v) is 4.84. The molecule has 9 heteroatoms. The molecule has 0 saturated carbocycles. The smallest absolute Gasteiger partial charge is 0.233 e. The third kappa shape index (κ3) is 5.15. The number of hydrogen-bond acceptors (Lipinski definition) is 6. The van der Waals surface area contributed by atoms with E-state index >= 15 is 0 Å². The van der Waals surface area contributed by atoms with Gasteiger partial charge in [0.1, 0.15) is 12.1 Å². The van der Waals surface area contributed by atoms with Crippen molar-refractivity contribution in [3.8, 4) is 11.1 Å². The van der Waals surface area contributed by atoms with Crippen molar-refractivity contribution in [2.75, 3.05) is 12.4 Å². The van der Waals surface area contributed by atoms with Gasteiger partial charge in [-0.2, -0.15) is 0 Å². The quantitative estimate of drug-likeness (QED) is 0.404. The van der Waals surface area contributed by atoms with Crippen molar-refractivity contribution in [2.45, 2.75) is 36.7 Å². The molecular formula is C20H22ClNO6S. The molecule has 0 aromatic heterocycles. The molecule has 1 N–H and O–H groups in total. The Morgan fingerprint density at radius 1 is 1.17 bits per heavy atom. The summed E-state index contributed by atoms with van der Waals surface area (Å²) in [5.41, 5.74) is 1.74. The molecule has 0 bridgehead atoms. The molecular weight excluding hydrogens is 418 g/mol. The topological polar surface area (TPSA) is 93.1 Å². The fourth-order valence-electron chi connectivity index (χ4n) is 3.16. The molecule has 1 amide bonds. The molecule has 156 valence electrons. The minimum absolute atomic E-state index is 0.0631. The number of sulfone groups is 1. The molecule has 2 aromatic carbocycles. The number of benzene rings is 2. The van der Waals surface area contributed by atoms with Gasteiger partial charge in [-0.1, -0.05) is 35.9 Å². The first-order valence-electron chi connectivity index (χ1n) is 8.94. The molecule has 2 atom stereocenters. The summed E-state index contributed by atoms with van der Waals surface area (Å²) >= 11 is 5.89. The van der Waals surface area contributed by atoms with Gasteiger partial charge in [0.15, 0.2) is 15.6 Å². The van der Waals surface area contributed by atoms with Crippen LogP contribution in [0.15, 0.2) is 53.4 Å². The van der Waals surface area contributed by atoms with E-state index in [0.717, 1.165) is 11.1 Å². The van der Waals surface area contributed by atoms with Crippen LogP contribution in [-0.4, -0.2) is 55.4 Å². The highest BCUT2D eigenvalue weighted by atomic mass is 35.5. The Balaban J connectivity index is 1.81. The fraction of sp³-hybridized carbons (Fsp3) is 0.350. The van der Waals surface area contributed by atoms with Crippen LogP contribution in [0.3, 0.4) is 0 Å². The van der Waals surface area contributed by atoms with E-state index in [9.17, 15) is 18.4 Å². The molecule has 0 radical (unpaired) electrons. The van der Waals surface area contributed by atoms with Crippen LogP contribution < -0.4 is 0 Å². The maximum atomic E-state index is 12.9. The van der Waals surface area contributed by atoms with E-state index in [2.05, 4.69) is 0 Å². The van der Waals surface area contributed by atoms with Gasteiger partial charge in [-0.25, -0.2) is 13.5 Å². The lowest BCUT2D eigenvalue weighted by Crippen LogP contribution is -2.47. The van der Waals surface area contributed by atoms with E-state index in [1.807, 2.05) is 12.1 Å². The highest BCUT2D eigenvalue weighted by molar-refractivity contribution is 7.91. The van der Waals surface area contributed by atoms with Crippen LogP contribution in [0, 0.1) is 0 Å². The van der Waals surface area contributed by atoms with Crippen molar-refractivity contribution >= 4 is 27.8 Å². The van der Waals surface area contributed by atoms with Crippen LogP contribution in [0.4, 0.5) is 0 Å². The number of carbonyl (C=O) groups is 1. The van der Waals surface area contributed by atoms with Crippen LogP contribution in [0.2, 0.25) is 5.02 Å². The zero-order valence-electron chi connectivity index (χ0n) is 16.0.